The molecule has 0 bridgehead atoms. The number of hydrazone groups is 1. The summed E-state index contributed by atoms with van der Waals surface area (Å²) in [4.78, 5) is 27.7. The molecule has 2 N–H and O–H groups in total. The molecule has 3 aromatic carbocycles. The Morgan fingerprint density at radius 2 is 1.59 bits per heavy atom. The number of hydrogen-bond acceptors (Lipinski definition) is 5. The molecule has 0 aliphatic rings. The number of anilines is 1. The first-order valence-corrected chi connectivity index (χ1v) is 11.8. The van der Waals surface area contributed by atoms with E-state index in [0.29, 0.717) is 22.1 Å². The Labute approximate surface area is 220 Å². The van der Waals surface area contributed by atoms with Crippen molar-refractivity contribution in [3.05, 3.63) is 119 Å². The van der Waals surface area contributed by atoms with Crippen LogP contribution < -0.4 is 15.6 Å². The molecule has 4 aromatic rings. The Morgan fingerprint density at radius 3 is 2.30 bits per heavy atom. The zero-order valence-corrected chi connectivity index (χ0v) is 21.1. The summed E-state index contributed by atoms with van der Waals surface area (Å²) >= 11 is 6.23. The molecule has 0 radical (unpaired) electrons. The second kappa shape index (κ2) is 11.9. The average molecular weight is 513 g/mol. The van der Waals surface area contributed by atoms with Crippen LogP contribution in [0.5, 0.6) is 0 Å². The molecule has 8 heteroatoms. The van der Waals surface area contributed by atoms with Gasteiger partial charge in [-0.1, -0.05) is 54.1 Å². The van der Waals surface area contributed by atoms with E-state index in [9.17, 15) is 9.59 Å². The van der Waals surface area contributed by atoms with Gasteiger partial charge >= 0.3 is 0 Å². The highest BCUT2D eigenvalue weighted by Gasteiger charge is 2.14. The third-order valence-electron chi connectivity index (χ3n) is 5.37. The summed E-state index contributed by atoms with van der Waals surface area (Å²) in [5.74, 6) is 0.00464. The maximum Gasteiger partial charge on any atom is 0.287 e. The second-order valence-corrected chi connectivity index (χ2v) is 8.65. The molecule has 0 saturated heterocycles. The van der Waals surface area contributed by atoms with Gasteiger partial charge in [-0.25, -0.2) is 5.43 Å². The van der Waals surface area contributed by atoms with E-state index in [1.165, 1.54) is 6.21 Å². The van der Waals surface area contributed by atoms with Gasteiger partial charge in [0, 0.05) is 30.9 Å². The lowest BCUT2D eigenvalue weighted by Crippen LogP contribution is -2.32. The van der Waals surface area contributed by atoms with Gasteiger partial charge in [-0.2, -0.15) is 5.10 Å². The number of benzene rings is 3. The monoisotopic (exact) mass is 512 g/mol. The van der Waals surface area contributed by atoms with Gasteiger partial charge < -0.3 is 14.6 Å². The molecule has 0 aliphatic heterocycles. The highest BCUT2D eigenvalue weighted by molar-refractivity contribution is 6.33. The Hall–Kier alpha value is -4.62. The number of rotatable bonds is 8. The first kappa shape index (κ1) is 25.5. The van der Waals surface area contributed by atoms with Crippen LogP contribution in [0.1, 0.15) is 21.7 Å². The molecule has 186 valence electrons. The predicted octanol–water partition coefficient (Wildman–Crippen LogP) is 5.59. The van der Waals surface area contributed by atoms with Crippen LogP contribution in [0.25, 0.3) is 17.4 Å². The quantitative estimate of drug-likeness (QED) is 0.183. The van der Waals surface area contributed by atoms with Crippen molar-refractivity contribution in [1.82, 2.24) is 10.7 Å². The van der Waals surface area contributed by atoms with E-state index < -0.39 is 11.8 Å². The van der Waals surface area contributed by atoms with Crippen LogP contribution in [0, 0.1) is 0 Å². The molecule has 1 aromatic heterocycles. The molecule has 0 aliphatic carbocycles. The molecular weight excluding hydrogens is 488 g/mol. The molecule has 0 fully saturated rings. The predicted molar refractivity (Wildman–Crippen MR) is 148 cm³/mol. The molecule has 0 spiro atoms. The first-order valence-electron chi connectivity index (χ1n) is 11.4. The van der Waals surface area contributed by atoms with Crippen molar-refractivity contribution >= 4 is 41.4 Å². The number of nitrogens with zero attached hydrogens (tertiary/aromatic N) is 2. The minimum absolute atomic E-state index is 0.0415. The van der Waals surface area contributed by atoms with Crippen molar-refractivity contribution in [2.45, 2.75) is 0 Å². The van der Waals surface area contributed by atoms with E-state index in [-0.39, 0.29) is 5.70 Å². The molecule has 37 heavy (non-hydrogen) atoms. The summed E-state index contributed by atoms with van der Waals surface area (Å²) in [6.07, 6.45) is 2.97. The summed E-state index contributed by atoms with van der Waals surface area (Å²) < 4.78 is 5.77. The highest BCUT2D eigenvalue weighted by Crippen LogP contribution is 2.28. The summed E-state index contributed by atoms with van der Waals surface area (Å²) in [7, 11) is 3.89. The van der Waals surface area contributed by atoms with Gasteiger partial charge in [0.1, 0.15) is 17.2 Å². The van der Waals surface area contributed by atoms with E-state index >= 15 is 0 Å². The van der Waals surface area contributed by atoms with E-state index in [2.05, 4.69) is 15.8 Å². The van der Waals surface area contributed by atoms with E-state index in [4.69, 9.17) is 16.0 Å². The van der Waals surface area contributed by atoms with Crippen molar-refractivity contribution in [2.75, 3.05) is 19.0 Å². The average Bonchev–Trinajstić information content (AvgIpc) is 3.38. The third kappa shape index (κ3) is 6.74. The highest BCUT2D eigenvalue weighted by atomic mass is 35.5. The van der Waals surface area contributed by atoms with Crippen LogP contribution in [0.3, 0.4) is 0 Å². The zero-order valence-electron chi connectivity index (χ0n) is 20.3. The number of amides is 2. The van der Waals surface area contributed by atoms with E-state index in [1.54, 1.807) is 48.5 Å². The molecular formula is C29H25ClN4O3. The Bertz CT molecular complexity index is 1440. The fourth-order valence-electron chi connectivity index (χ4n) is 3.42. The van der Waals surface area contributed by atoms with Gasteiger partial charge in [-0.15, -0.1) is 0 Å². The number of carbonyl (C=O) groups is 2. The molecule has 2 amide bonds. The first-order chi connectivity index (χ1) is 17.9. The summed E-state index contributed by atoms with van der Waals surface area (Å²) in [6, 6.07) is 27.0. The number of nitrogens with one attached hydrogen (secondary N) is 2. The maximum absolute atomic E-state index is 13.0. The maximum atomic E-state index is 13.0. The Morgan fingerprint density at radius 1 is 0.892 bits per heavy atom. The Kier molecular flexibility index (Phi) is 8.18. The van der Waals surface area contributed by atoms with Gasteiger partial charge in [0.05, 0.1) is 11.2 Å². The van der Waals surface area contributed by atoms with Crippen LogP contribution in [0.4, 0.5) is 5.69 Å². The summed E-state index contributed by atoms with van der Waals surface area (Å²) in [5.41, 5.74) is 5.42. The van der Waals surface area contributed by atoms with Crippen LogP contribution in [0.2, 0.25) is 5.02 Å². The lowest BCUT2D eigenvalue weighted by Gasteiger charge is -2.12. The van der Waals surface area contributed by atoms with Gasteiger partial charge in [0.15, 0.2) is 0 Å². The molecule has 7 nitrogen and oxygen atoms in total. The van der Waals surface area contributed by atoms with Crippen molar-refractivity contribution < 1.29 is 14.0 Å². The van der Waals surface area contributed by atoms with Crippen LogP contribution >= 0.6 is 11.6 Å². The molecule has 4 rings (SSSR count). The van der Waals surface area contributed by atoms with Crippen LogP contribution in [-0.2, 0) is 4.79 Å². The van der Waals surface area contributed by atoms with Gasteiger partial charge in [0.25, 0.3) is 11.8 Å². The molecule has 0 atom stereocenters. The molecule has 0 unspecified atom stereocenters. The van der Waals surface area contributed by atoms with Gasteiger partial charge in [0.2, 0.25) is 0 Å². The summed E-state index contributed by atoms with van der Waals surface area (Å²) in [5, 5.41) is 7.25. The smallest absolute Gasteiger partial charge is 0.287 e. The summed E-state index contributed by atoms with van der Waals surface area (Å²) in [6.45, 7) is 0. The lowest BCUT2D eigenvalue weighted by molar-refractivity contribution is -0.117. The van der Waals surface area contributed by atoms with E-state index in [1.807, 2.05) is 67.5 Å². The van der Waals surface area contributed by atoms with Gasteiger partial charge in [-0.05, 0) is 60.2 Å². The van der Waals surface area contributed by atoms with E-state index in [0.717, 1.165) is 16.8 Å². The third-order valence-corrected chi connectivity index (χ3v) is 5.70. The minimum Gasteiger partial charge on any atom is -0.455 e. The number of hydrogen-bond donors (Lipinski definition) is 2. The molecule has 1 heterocycles. The second-order valence-electron chi connectivity index (χ2n) is 8.25. The van der Waals surface area contributed by atoms with Gasteiger partial charge in [-0.3, -0.25) is 9.59 Å². The number of carbonyl (C=O) groups excluding carboxylic acids is 2. The lowest BCUT2D eigenvalue weighted by atomic mass is 10.1. The fourth-order valence-corrected chi connectivity index (χ4v) is 3.65. The van der Waals surface area contributed by atoms with Crippen molar-refractivity contribution in [2.24, 2.45) is 5.10 Å². The van der Waals surface area contributed by atoms with Crippen molar-refractivity contribution in [1.29, 1.82) is 0 Å². The normalized spacial score (nSPS) is 11.4. The molecule has 0 saturated carbocycles. The number of halogens is 1. The van der Waals surface area contributed by atoms with Crippen molar-refractivity contribution in [3.63, 3.8) is 0 Å². The van der Waals surface area contributed by atoms with Crippen LogP contribution in [-0.4, -0.2) is 32.1 Å². The van der Waals surface area contributed by atoms with Crippen LogP contribution in [0.15, 0.2) is 106 Å². The fraction of sp³-hybridized carbons (Fsp3) is 0.0690. The topological polar surface area (TPSA) is 86.9 Å². The zero-order chi connectivity index (χ0) is 26.2. The number of furan rings is 1. The van der Waals surface area contributed by atoms with Crippen molar-refractivity contribution in [3.8, 4) is 11.3 Å². The Balaban J connectivity index is 1.51. The largest absolute Gasteiger partial charge is 0.455 e. The SMILES string of the molecule is CN(C)c1ccc(/C=C(\NC(=O)c2ccccc2)C(=O)N/N=C/c2ccc(-c3ccccc3Cl)o2)cc1. The standard InChI is InChI=1S/C29H25ClN4O3/c1-34(2)22-14-12-20(13-15-22)18-26(32-28(35)21-8-4-3-5-9-21)29(36)33-31-19-23-16-17-27(37-23)24-10-6-7-11-25(24)30/h3-19H,1-2H3,(H,32,35)(H,33,36)/b26-18-,31-19+. The minimum atomic E-state index is -0.588.